The fourth-order valence-electron chi connectivity index (χ4n) is 2.73. The number of nitrogens with two attached hydrogens (primary N) is 1. The van der Waals surface area contributed by atoms with E-state index in [9.17, 15) is 43.7 Å². The molecule has 0 spiro atoms. The van der Waals surface area contributed by atoms with Gasteiger partial charge in [0, 0.05) is 24.0 Å². The Morgan fingerprint density at radius 3 is 1.46 bits per heavy atom. The van der Waals surface area contributed by atoms with Gasteiger partial charge in [0.25, 0.3) is 0 Å². The van der Waals surface area contributed by atoms with Gasteiger partial charge >= 0.3 is 23.3 Å². The number of nitro groups is 2. The van der Waals surface area contributed by atoms with E-state index < -0.39 is 68.8 Å². The highest BCUT2D eigenvalue weighted by Gasteiger charge is 2.25. The van der Waals surface area contributed by atoms with Crippen molar-refractivity contribution < 1.29 is 43.5 Å². The molecule has 15 heteroatoms. The van der Waals surface area contributed by atoms with E-state index in [2.05, 4.69) is 0 Å². The third-order valence-corrected chi connectivity index (χ3v) is 4.94. The molecule has 12 nitrogen and oxygen atoms in total. The van der Waals surface area contributed by atoms with E-state index in [0.717, 1.165) is 24.3 Å². The molecule has 0 heterocycles. The molecule has 0 aliphatic heterocycles. The monoisotopic (exact) mass is 553 g/mol. The van der Waals surface area contributed by atoms with Crippen molar-refractivity contribution in [3.63, 3.8) is 0 Å². The lowest BCUT2D eigenvalue weighted by Gasteiger charge is -2.16. The number of aliphatic hydroxyl groups is 1. The van der Waals surface area contributed by atoms with Gasteiger partial charge in [-0.3, -0.25) is 25.0 Å². The minimum absolute atomic E-state index is 0. The van der Waals surface area contributed by atoms with Crippen molar-refractivity contribution in [2.24, 2.45) is 5.73 Å². The first-order chi connectivity index (χ1) is 15.7. The summed E-state index contributed by atoms with van der Waals surface area (Å²) < 4.78 is 26.6. The van der Waals surface area contributed by atoms with Crippen LogP contribution in [0.2, 0.25) is 0 Å². The lowest BCUT2D eigenvalue weighted by molar-refractivity contribution is -0.387. The average molecular weight is 554 g/mol. The highest BCUT2D eigenvalue weighted by molar-refractivity contribution is 5.85. The van der Waals surface area contributed by atoms with Crippen LogP contribution in [0, 0.1) is 31.9 Å². The quantitative estimate of drug-likeness (QED) is 0.270. The van der Waals surface area contributed by atoms with Crippen LogP contribution in [-0.4, -0.2) is 49.3 Å². The van der Waals surface area contributed by atoms with Crippen LogP contribution in [0.25, 0.3) is 0 Å². The van der Waals surface area contributed by atoms with Crippen LogP contribution in [0.1, 0.15) is 51.7 Å². The summed E-state index contributed by atoms with van der Waals surface area (Å²) in [7, 11) is 0. The molecule has 2 aromatic carbocycles. The molecule has 0 bridgehead atoms. The first kappa shape index (κ1) is 37.8. The van der Waals surface area contributed by atoms with Gasteiger partial charge in [-0.05, 0) is 23.3 Å². The molecule has 0 radical (unpaired) electrons. The number of nitro benzene ring substituents is 2. The molecule has 37 heavy (non-hydrogen) atoms. The van der Waals surface area contributed by atoms with Crippen molar-refractivity contribution in [1.29, 1.82) is 0 Å². The Bertz CT molecular complexity index is 1020. The molecule has 0 fully saturated rings. The molecular formula is C22H30ClF2N3O9. The number of aliphatic hydroxyl groups excluding tert-OH is 1. The van der Waals surface area contributed by atoms with Gasteiger partial charge < -0.3 is 21.1 Å². The lowest BCUT2D eigenvalue weighted by Crippen LogP contribution is -2.35. The van der Waals surface area contributed by atoms with Crippen LogP contribution < -0.4 is 5.73 Å². The Labute approximate surface area is 217 Å². The number of carboxylic acids is 2. The summed E-state index contributed by atoms with van der Waals surface area (Å²) in [5, 5.41) is 47.3. The summed E-state index contributed by atoms with van der Waals surface area (Å²) in [6.07, 6.45) is -1.68. The number of carboxylic acid groups (broad SMARTS) is 2. The summed E-state index contributed by atoms with van der Waals surface area (Å²) in [6, 6.07) is 5.06. The topological polar surface area (TPSA) is 207 Å². The summed E-state index contributed by atoms with van der Waals surface area (Å²) in [6.45, 7) is 2.90. The Morgan fingerprint density at radius 2 is 1.19 bits per heavy atom. The van der Waals surface area contributed by atoms with Gasteiger partial charge in [0.15, 0.2) is 6.10 Å². The summed E-state index contributed by atoms with van der Waals surface area (Å²) in [5.41, 5.74) is 4.54. The second kappa shape index (κ2) is 16.1. The molecule has 0 saturated heterocycles. The van der Waals surface area contributed by atoms with E-state index in [-0.39, 0.29) is 32.8 Å². The van der Waals surface area contributed by atoms with Gasteiger partial charge in [0.2, 0.25) is 11.6 Å². The maximum absolute atomic E-state index is 13.3. The highest BCUT2D eigenvalue weighted by Crippen LogP contribution is 2.26. The largest absolute Gasteiger partial charge is 0.480 e. The van der Waals surface area contributed by atoms with Crippen LogP contribution in [0.4, 0.5) is 20.2 Å². The third-order valence-electron chi connectivity index (χ3n) is 4.94. The van der Waals surface area contributed by atoms with E-state index in [4.69, 9.17) is 15.9 Å². The van der Waals surface area contributed by atoms with Gasteiger partial charge in [0.05, 0.1) is 9.85 Å². The van der Waals surface area contributed by atoms with Crippen molar-refractivity contribution in [3.8, 4) is 0 Å². The molecule has 0 amide bonds. The first-order valence-corrected chi connectivity index (χ1v) is 9.45. The second-order valence-corrected chi connectivity index (χ2v) is 7.16. The Hall–Kier alpha value is -3.75. The van der Waals surface area contributed by atoms with Crippen LogP contribution in [0.5, 0.6) is 0 Å². The number of hydrogen-bond acceptors (Lipinski definition) is 8. The first-order valence-electron chi connectivity index (χ1n) is 9.45. The maximum Gasteiger partial charge on any atom is 0.333 e. The number of nitrogens with zero attached hydrogens (tertiary/aromatic N) is 2. The number of rotatable bonds is 8. The molecule has 0 aromatic heterocycles. The maximum atomic E-state index is 13.3. The Morgan fingerprint density at radius 1 is 0.838 bits per heavy atom. The standard InChI is InChI=1S/C10H11FN2O4.C10H10FNO5.2CH4.ClH/c1-5(9(12)10(14)15)6-2-3-8(13(16)17)7(11)4-6;1-5(9(13)10(14)15)6-2-3-8(12(16)17)7(11)4-6;;;/h2-5,9H,12H2,1H3,(H,14,15);2-5,9,13H,1H3,(H,14,15);2*1H4;1H/t2*5-,9+;;;/m00.../s1. The number of halogens is 3. The second-order valence-electron chi connectivity index (χ2n) is 7.16. The highest BCUT2D eigenvalue weighted by atomic mass is 35.5. The SMILES string of the molecule is C.C.C[C@@H](c1ccc([N+](=O)[O-])c(F)c1)[C@@H](N)C(=O)O.C[C@@H](c1ccc([N+](=O)[O-])c(F)c1)[C@@H](O)C(=O)O.Cl. The molecule has 0 saturated carbocycles. The van der Waals surface area contributed by atoms with Crippen LogP contribution >= 0.6 is 12.4 Å². The van der Waals surface area contributed by atoms with E-state index in [1.807, 2.05) is 0 Å². The lowest BCUT2D eigenvalue weighted by atomic mass is 9.93. The van der Waals surface area contributed by atoms with Gasteiger partial charge in [-0.1, -0.05) is 40.8 Å². The Balaban J connectivity index is -0.000000578. The summed E-state index contributed by atoms with van der Waals surface area (Å²) >= 11 is 0. The van der Waals surface area contributed by atoms with Gasteiger partial charge in [-0.15, -0.1) is 12.4 Å². The zero-order valence-electron chi connectivity index (χ0n) is 18.2. The predicted octanol–water partition coefficient (Wildman–Crippen LogP) is 4.23. The molecule has 2 rings (SSSR count). The van der Waals surface area contributed by atoms with Crippen LogP contribution in [0.3, 0.4) is 0 Å². The number of benzene rings is 2. The van der Waals surface area contributed by atoms with Gasteiger partial charge in [-0.2, -0.15) is 8.78 Å². The van der Waals surface area contributed by atoms with Crippen molar-refractivity contribution >= 4 is 35.7 Å². The molecular weight excluding hydrogens is 524 g/mol. The molecule has 4 atom stereocenters. The number of aliphatic carboxylic acids is 2. The van der Waals surface area contributed by atoms with E-state index in [1.54, 1.807) is 0 Å². The average Bonchev–Trinajstić information content (AvgIpc) is 2.76. The molecule has 0 aliphatic carbocycles. The normalized spacial score (nSPS) is 12.9. The van der Waals surface area contributed by atoms with E-state index in [1.165, 1.54) is 26.0 Å². The fourth-order valence-corrected chi connectivity index (χ4v) is 2.73. The van der Waals surface area contributed by atoms with Gasteiger partial charge in [0.1, 0.15) is 6.04 Å². The van der Waals surface area contributed by atoms with Crippen molar-refractivity contribution in [2.75, 3.05) is 0 Å². The Kier molecular flexibility index (Phi) is 16.4. The third kappa shape index (κ3) is 10.0. The minimum Gasteiger partial charge on any atom is -0.480 e. The van der Waals surface area contributed by atoms with Crippen molar-refractivity contribution in [3.05, 3.63) is 79.4 Å². The number of hydrogen-bond donors (Lipinski definition) is 4. The number of carbonyl (C=O) groups is 2. The van der Waals surface area contributed by atoms with Crippen molar-refractivity contribution in [1.82, 2.24) is 0 Å². The van der Waals surface area contributed by atoms with Crippen LogP contribution in [-0.2, 0) is 9.59 Å². The summed E-state index contributed by atoms with van der Waals surface area (Å²) in [4.78, 5) is 40.2. The molecule has 2 aromatic rings. The van der Waals surface area contributed by atoms with E-state index >= 15 is 0 Å². The zero-order chi connectivity index (χ0) is 26.3. The van der Waals surface area contributed by atoms with Gasteiger partial charge in [-0.25, -0.2) is 4.79 Å². The minimum atomic E-state index is -1.68. The van der Waals surface area contributed by atoms with E-state index in [0.29, 0.717) is 5.56 Å². The molecule has 5 N–H and O–H groups in total. The fraction of sp³-hybridized carbons (Fsp3) is 0.364. The zero-order valence-corrected chi connectivity index (χ0v) is 19.0. The van der Waals surface area contributed by atoms with Crippen LogP contribution in [0.15, 0.2) is 36.4 Å². The van der Waals surface area contributed by atoms with Crippen molar-refractivity contribution in [2.45, 2.75) is 52.7 Å². The molecule has 0 unspecified atom stereocenters. The molecule has 208 valence electrons. The summed E-state index contributed by atoms with van der Waals surface area (Å²) in [5.74, 6) is -6.20. The predicted molar refractivity (Wildman–Crippen MR) is 133 cm³/mol. The smallest absolute Gasteiger partial charge is 0.333 e. The molecule has 0 aliphatic rings.